The lowest BCUT2D eigenvalue weighted by Gasteiger charge is -2.18. The first-order chi connectivity index (χ1) is 32.1. The highest BCUT2D eigenvalue weighted by atomic mass is 16.6. The van der Waals surface area contributed by atoms with E-state index >= 15 is 0 Å². The summed E-state index contributed by atoms with van der Waals surface area (Å²) in [5.74, 6) is 1.64. The minimum atomic E-state index is -0.764. The van der Waals surface area contributed by atoms with Crippen LogP contribution in [-0.4, -0.2) is 37.2 Å². The van der Waals surface area contributed by atoms with E-state index in [2.05, 4.69) is 41.5 Å². The molecule has 0 aromatic rings. The van der Waals surface area contributed by atoms with Crippen LogP contribution in [0.25, 0.3) is 0 Å². The molecule has 1 atom stereocenters. The zero-order valence-corrected chi connectivity index (χ0v) is 45.5. The molecule has 66 heavy (non-hydrogen) atoms. The lowest BCUT2D eigenvalue weighted by molar-refractivity contribution is -0.167. The zero-order valence-electron chi connectivity index (χ0n) is 45.5. The number of hydrogen-bond acceptors (Lipinski definition) is 6. The van der Waals surface area contributed by atoms with E-state index < -0.39 is 6.10 Å². The van der Waals surface area contributed by atoms with Crippen LogP contribution < -0.4 is 0 Å². The predicted octanol–water partition coefficient (Wildman–Crippen LogP) is 19.5. The topological polar surface area (TPSA) is 78.9 Å². The van der Waals surface area contributed by atoms with Crippen LogP contribution in [0.3, 0.4) is 0 Å². The van der Waals surface area contributed by atoms with Crippen molar-refractivity contribution in [3.05, 3.63) is 0 Å². The molecule has 0 aliphatic carbocycles. The van der Waals surface area contributed by atoms with Gasteiger partial charge in [0, 0.05) is 19.3 Å². The third kappa shape index (κ3) is 53.4. The van der Waals surface area contributed by atoms with Crippen molar-refractivity contribution in [2.45, 2.75) is 337 Å². The van der Waals surface area contributed by atoms with Crippen molar-refractivity contribution in [3.8, 4) is 0 Å². The first-order valence-corrected chi connectivity index (χ1v) is 29.6. The molecule has 0 unspecified atom stereocenters. The summed E-state index contributed by atoms with van der Waals surface area (Å²) in [6, 6.07) is 0. The Hall–Kier alpha value is -1.59. The van der Waals surface area contributed by atoms with Gasteiger partial charge in [0.05, 0.1) is 0 Å². The molecule has 0 fully saturated rings. The van der Waals surface area contributed by atoms with Gasteiger partial charge in [0.25, 0.3) is 0 Å². The summed E-state index contributed by atoms with van der Waals surface area (Å²) in [4.78, 5) is 38.1. The molecule has 0 saturated carbocycles. The van der Waals surface area contributed by atoms with Gasteiger partial charge in [-0.3, -0.25) is 14.4 Å². The van der Waals surface area contributed by atoms with E-state index in [1.165, 1.54) is 212 Å². The highest BCUT2D eigenvalue weighted by molar-refractivity contribution is 5.71. The van der Waals surface area contributed by atoms with Crippen LogP contribution in [0.15, 0.2) is 0 Å². The van der Waals surface area contributed by atoms with Crippen LogP contribution in [0.1, 0.15) is 330 Å². The Balaban J connectivity index is 4.19. The molecule has 0 rings (SSSR count). The highest BCUT2D eigenvalue weighted by Crippen LogP contribution is 2.19. The van der Waals surface area contributed by atoms with Crippen LogP contribution >= 0.6 is 0 Å². The van der Waals surface area contributed by atoms with Gasteiger partial charge < -0.3 is 14.2 Å². The summed E-state index contributed by atoms with van der Waals surface area (Å²) in [5.41, 5.74) is 0. The average Bonchev–Trinajstić information content (AvgIpc) is 3.28. The minimum Gasteiger partial charge on any atom is -0.462 e. The number of carbonyl (C=O) groups excluding carboxylic acids is 3. The predicted molar refractivity (Wildman–Crippen MR) is 284 cm³/mol. The minimum absolute atomic E-state index is 0.0641. The molecule has 0 aliphatic heterocycles. The molecule has 0 aromatic heterocycles. The molecular formula is C60H116O6. The average molecular weight is 934 g/mol. The van der Waals surface area contributed by atoms with Gasteiger partial charge in [0.15, 0.2) is 6.10 Å². The van der Waals surface area contributed by atoms with Crippen molar-refractivity contribution in [1.29, 1.82) is 0 Å². The maximum Gasteiger partial charge on any atom is 0.306 e. The maximum atomic E-state index is 12.8. The van der Waals surface area contributed by atoms with Crippen molar-refractivity contribution in [2.24, 2.45) is 17.8 Å². The Morgan fingerprint density at radius 3 is 0.652 bits per heavy atom. The number of rotatable bonds is 53. The zero-order chi connectivity index (χ0) is 48.4. The van der Waals surface area contributed by atoms with E-state index in [0.29, 0.717) is 19.3 Å². The fourth-order valence-corrected chi connectivity index (χ4v) is 9.18. The van der Waals surface area contributed by atoms with Crippen LogP contribution in [0.5, 0.6) is 0 Å². The molecule has 392 valence electrons. The first-order valence-electron chi connectivity index (χ1n) is 29.6. The van der Waals surface area contributed by atoms with E-state index in [1.54, 1.807) is 0 Å². The summed E-state index contributed by atoms with van der Waals surface area (Å²) in [7, 11) is 0. The Morgan fingerprint density at radius 2 is 0.439 bits per heavy atom. The van der Waals surface area contributed by atoms with Crippen LogP contribution in [0.2, 0.25) is 0 Å². The van der Waals surface area contributed by atoms with Crippen molar-refractivity contribution in [1.82, 2.24) is 0 Å². The molecule has 6 heteroatoms. The van der Waals surface area contributed by atoms with Crippen LogP contribution in [0.4, 0.5) is 0 Å². The van der Waals surface area contributed by atoms with Crippen LogP contribution in [-0.2, 0) is 28.6 Å². The number of ether oxygens (including phenoxy) is 3. The molecule has 0 aromatic carbocycles. The fraction of sp³-hybridized carbons (Fsp3) is 0.950. The van der Waals surface area contributed by atoms with Crippen molar-refractivity contribution >= 4 is 17.9 Å². The Labute approximate surface area is 412 Å². The van der Waals surface area contributed by atoms with Crippen molar-refractivity contribution in [3.63, 3.8) is 0 Å². The van der Waals surface area contributed by atoms with Gasteiger partial charge >= 0.3 is 17.9 Å². The summed E-state index contributed by atoms with van der Waals surface area (Å²) in [6.45, 7) is 13.7. The molecular weight excluding hydrogens is 817 g/mol. The van der Waals surface area contributed by atoms with E-state index in [0.717, 1.165) is 75.5 Å². The summed E-state index contributed by atoms with van der Waals surface area (Å²) < 4.78 is 16.9. The normalized spacial score (nSPS) is 12.1. The summed E-state index contributed by atoms with van der Waals surface area (Å²) in [5, 5.41) is 0. The smallest absolute Gasteiger partial charge is 0.306 e. The van der Waals surface area contributed by atoms with Gasteiger partial charge in [0.2, 0.25) is 0 Å². The second-order valence-electron chi connectivity index (χ2n) is 22.1. The van der Waals surface area contributed by atoms with Gasteiger partial charge in [-0.2, -0.15) is 0 Å². The molecule has 6 nitrogen and oxygen atoms in total. The number of carbonyl (C=O) groups is 3. The second kappa shape index (κ2) is 51.3. The van der Waals surface area contributed by atoms with Gasteiger partial charge in [-0.25, -0.2) is 0 Å². The number of hydrogen-bond donors (Lipinski definition) is 0. The number of esters is 3. The Kier molecular flexibility index (Phi) is 50.0. The summed E-state index contributed by atoms with van der Waals surface area (Å²) in [6.07, 6.45) is 54.0. The monoisotopic (exact) mass is 933 g/mol. The lowest BCUT2D eigenvalue weighted by atomic mass is 10.0. The Bertz CT molecular complexity index is 1020. The third-order valence-electron chi connectivity index (χ3n) is 13.6. The SMILES string of the molecule is CC(C)CCCCCCCCCCCCCCCCCCCCC(=O)OC[C@H](COC(=O)CCCCCCCCCCCCCCCCC(C)C)OC(=O)CCCCCCCCCC(C)C. The second-order valence-corrected chi connectivity index (χ2v) is 22.1. The Morgan fingerprint density at radius 1 is 0.258 bits per heavy atom. The molecule has 0 N–H and O–H groups in total. The van der Waals surface area contributed by atoms with E-state index in [9.17, 15) is 14.4 Å². The molecule has 0 amide bonds. The lowest BCUT2D eigenvalue weighted by Crippen LogP contribution is -2.30. The van der Waals surface area contributed by atoms with Crippen molar-refractivity contribution in [2.75, 3.05) is 13.2 Å². The van der Waals surface area contributed by atoms with E-state index in [-0.39, 0.29) is 31.1 Å². The maximum absolute atomic E-state index is 12.8. The standard InChI is InChI=1S/C60H116O6/c1-54(2)46-40-34-28-23-19-15-11-9-7-8-10-12-17-21-25-31-37-43-49-58(61)64-52-57(66-60(63)51-45-39-33-27-30-36-42-48-56(5)6)53-65-59(62)50-44-38-32-26-22-18-14-13-16-20-24-29-35-41-47-55(3)4/h54-57H,7-53H2,1-6H3/t57-/m1/s1. The van der Waals surface area contributed by atoms with Gasteiger partial charge in [0.1, 0.15) is 13.2 Å². The van der Waals surface area contributed by atoms with Gasteiger partial charge in [-0.05, 0) is 37.0 Å². The molecule has 0 saturated heterocycles. The van der Waals surface area contributed by atoms with E-state index in [4.69, 9.17) is 14.2 Å². The fourth-order valence-electron chi connectivity index (χ4n) is 9.18. The molecule has 0 spiro atoms. The summed E-state index contributed by atoms with van der Waals surface area (Å²) >= 11 is 0. The largest absolute Gasteiger partial charge is 0.462 e. The molecule has 0 aliphatic rings. The van der Waals surface area contributed by atoms with Gasteiger partial charge in [-0.15, -0.1) is 0 Å². The third-order valence-corrected chi connectivity index (χ3v) is 13.6. The van der Waals surface area contributed by atoms with E-state index in [1.807, 2.05) is 0 Å². The molecule has 0 heterocycles. The molecule has 0 radical (unpaired) electrons. The molecule has 0 bridgehead atoms. The van der Waals surface area contributed by atoms with Gasteiger partial charge in [-0.1, -0.05) is 292 Å². The quantitative estimate of drug-likeness (QED) is 0.0343. The number of unbranched alkanes of at least 4 members (excludes halogenated alkanes) is 36. The highest BCUT2D eigenvalue weighted by Gasteiger charge is 2.19. The van der Waals surface area contributed by atoms with Crippen molar-refractivity contribution < 1.29 is 28.6 Å². The van der Waals surface area contributed by atoms with Crippen LogP contribution in [0, 0.1) is 17.8 Å². The first kappa shape index (κ1) is 64.4.